The van der Waals surface area contributed by atoms with Crippen molar-refractivity contribution < 1.29 is 5.11 Å². The largest absolute Gasteiger partial charge is 0.508 e. The van der Waals surface area contributed by atoms with Gasteiger partial charge in [-0.25, -0.2) is 0 Å². The number of rotatable bonds is 0. The first-order valence-electron chi connectivity index (χ1n) is 5.81. The molecule has 0 spiro atoms. The highest BCUT2D eigenvalue weighted by Crippen LogP contribution is 2.32. The fourth-order valence-corrected chi connectivity index (χ4v) is 2.54. The van der Waals surface area contributed by atoms with Gasteiger partial charge >= 0.3 is 0 Å². The van der Waals surface area contributed by atoms with Gasteiger partial charge in [0, 0.05) is 33.4 Å². The molecule has 2 N–H and O–H groups in total. The number of hydrogen-bond acceptors (Lipinski definition) is 2. The van der Waals surface area contributed by atoms with E-state index in [0.29, 0.717) is 0 Å². The van der Waals surface area contributed by atoms with E-state index in [1.807, 2.05) is 24.3 Å². The fourth-order valence-electron chi connectivity index (χ4n) is 2.54. The fraction of sp³-hybridized carbons (Fsp3) is 0. The number of benzene rings is 2. The van der Waals surface area contributed by atoms with Crippen molar-refractivity contribution in [3.8, 4) is 5.75 Å². The Bertz CT molecular complexity index is 893. The molecule has 0 unspecified atom stereocenters. The van der Waals surface area contributed by atoms with E-state index in [1.165, 1.54) is 0 Å². The third-order valence-corrected chi connectivity index (χ3v) is 3.33. The van der Waals surface area contributed by atoms with Crippen LogP contribution in [0.15, 0.2) is 48.7 Å². The van der Waals surface area contributed by atoms with Crippen LogP contribution < -0.4 is 0 Å². The molecule has 4 rings (SSSR count). The maximum absolute atomic E-state index is 9.65. The van der Waals surface area contributed by atoms with Gasteiger partial charge in [0.25, 0.3) is 0 Å². The van der Waals surface area contributed by atoms with Crippen molar-refractivity contribution in [2.75, 3.05) is 0 Å². The minimum Gasteiger partial charge on any atom is -0.508 e. The van der Waals surface area contributed by atoms with Gasteiger partial charge in [0.2, 0.25) is 0 Å². The van der Waals surface area contributed by atoms with Crippen LogP contribution in [0.5, 0.6) is 5.75 Å². The Hall–Kier alpha value is -2.55. The summed E-state index contributed by atoms with van der Waals surface area (Å²) < 4.78 is 0. The lowest BCUT2D eigenvalue weighted by Gasteiger charge is -1.99. The Balaban J connectivity index is 2.35. The highest BCUT2D eigenvalue weighted by atomic mass is 16.3. The van der Waals surface area contributed by atoms with Crippen LogP contribution in [0.25, 0.3) is 32.7 Å². The highest BCUT2D eigenvalue weighted by molar-refractivity contribution is 6.19. The standard InChI is InChI=1S/C15H10N2O/c18-9-3-4-13-11(8-9)15-10-2-1-7-16-12(10)5-6-14(15)17-13/h1-8,17-18H. The molecule has 0 radical (unpaired) electrons. The molecule has 0 amide bonds. The molecule has 86 valence electrons. The van der Waals surface area contributed by atoms with Crippen LogP contribution in [-0.2, 0) is 0 Å². The number of phenols is 1. The number of H-pyrrole nitrogens is 1. The van der Waals surface area contributed by atoms with E-state index in [9.17, 15) is 5.11 Å². The molecule has 2 heterocycles. The number of aromatic hydroxyl groups is 1. The molecular weight excluding hydrogens is 224 g/mol. The number of aromatic amines is 1. The van der Waals surface area contributed by atoms with Gasteiger partial charge in [0.1, 0.15) is 5.75 Å². The summed E-state index contributed by atoms with van der Waals surface area (Å²) in [6.45, 7) is 0. The first-order valence-corrected chi connectivity index (χ1v) is 5.81. The molecule has 0 aliphatic carbocycles. The summed E-state index contributed by atoms with van der Waals surface area (Å²) in [7, 11) is 0. The summed E-state index contributed by atoms with van der Waals surface area (Å²) >= 11 is 0. The summed E-state index contributed by atoms with van der Waals surface area (Å²) in [6, 6.07) is 13.4. The van der Waals surface area contributed by atoms with Crippen LogP contribution in [0.4, 0.5) is 0 Å². The zero-order valence-corrected chi connectivity index (χ0v) is 9.51. The lowest BCUT2D eigenvalue weighted by atomic mass is 10.1. The van der Waals surface area contributed by atoms with Gasteiger partial charge in [-0.15, -0.1) is 0 Å². The Morgan fingerprint density at radius 3 is 2.78 bits per heavy atom. The lowest BCUT2D eigenvalue weighted by molar-refractivity contribution is 0.476. The van der Waals surface area contributed by atoms with Crippen molar-refractivity contribution in [3.63, 3.8) is 0 Å². The van der Waals surface area contributed by atoms with Gasteiger partial charge in [-0.2, -0.15) is 0 Å². The van der Waals surface area contributed by atoms with Crippen LogP contribution in [-0.4, -0.2) is 15.1 Å². The molecule has 2 aromatic heterocycles. The highest BCUT2D eigenvalue weighted by Gasteiger charge is 2.08. The number of pyridine rings is 1. The summed E-state index contributed by atoms with van der Waals surface area (Å²) in [5.74, 6) is 0.282. The predicted octanol–water partition coefficient (Wildman–Crippen LogP) is 3.57. The molecule has 0 aliphatic rings. The SMILES string of the molecule is Oc1ccc2[nH]c3ccc4ncccc4c3c2c1. The molecule has 4 aromatic rings. The van der Waals surface area contributed by atoms with Gasteiger partial charge in [-0.3, -0.25) is 4.98 Å². The summed E-state index contributed by atoms with van der Waals surface area (Å²) in [6.07, 6.45) is 1.79. The van der Waals surface area contributed by atoms with Gasteiger partial charge < -0.3 is 10.1 Å². The summed E-state index contributed by atoms with van der Waals surface area (Å²) in [4.78, 5) is 7.72. The molecule has 0 saturated carbocycles. The van der Waals surface area contributed by atoms with Gasteiger partial charge in [-0.1, -0.05) is 6.07 Å². The third kappa shape index (κ3) is 1.16. The number of hydrogen-bond donors (Lipinski definition) is 2. The maximum Gasteiger partial charge on any atom is 0.116 e. The Kier molecular flexibility index (Phi) is 1.70. The quantitative estimate of drug-likeness (QED) is 0.488. The summed E-state index contributed by atoms with van der Waals surface area (Å²) in [5.41, 5.74) is 3.06. The van der Waals surface area contributed by atoms with Crippen LogP contribution >= 0.6 is 0 Å². The van der Waals surface area contributed by atoms with Crippen molar-refractivity contribution in [2.45, 2.75) is 0 Å². The van der Waals surface area contributed by atoms with Crippen molar-refractivity contribution in [1.29, 1.82) is 0 Å². The minimum absolute atomic E-state index is 0.282. The molecule has 0 fully saturated rings. The number of phenolic OH excluding ortho intramolecular Hbond substituents is 1. The first-order chi connectivity index (χ1) is 8.83. The van der Waals surface area contributed by atoms with Crippen LogP contribution in [0.3, 0.4) is 0 Å². The molecule has 3 heteroatoms. The van der Waals surface area contributed by atoms with E-state index < -0.39 is 0 Å². The summed E-state index contributed by atoms with van der Waals surface area (Å²) in [5, 5.41) is 12.9. The van der Waals surface area contributed by atoms with E-state index in [-0.39, 0.29) is 5.75 Å². The molecule has 3 nitrogen and oxygen atoms in total. The van der Waals surface area contributed by atoms with Gasteiger partial charge in [-0.05, 0) is 36.4 Å². The minimum atomic E-state index is 0.282. The zero-order valence-electron chi connectivity index (χ0n) is 9.51. The van der Waals surface area contributed by atoms with Crippen molar-refractivity contribution in [3.05, 3.63) is 48.7 Å². The topological polar surface area (TPSA) is 48.9 Å². The van der Waals surface area contributed by atoms with E-state index in [4.69, 9.17) is 0 Å². The van der Waals surface area contributed by atoms with Crippen molar-refractivity contribution >= 4 is 32.7 Å². The maximum atomic E-state index is 9.65. The third-order valence-electron chi connectivity index (χ3n) is 3.33. The number of aromatic nitrogens is 2. The molecule has 0 aliphatic heterocycles. The Labute approximate surface area is 103 Å². The zero-order chi connectivity index (χ0) is 12.1. The van der Waals surface area contributed by atoms with Crippen LogP contribution in [0, 0.1) is 0 Å². The van der Waals surface area contributed by atoms with E-state index in [2.05, 4.69) is 16.0 Å². The first kappa shape index (κ1) is 9.48. The molecular formula is C15H10N2O. The second kappa shape index (κ2) is 3.23. The average molecular weight is 234 g/mol. The normalized spacial score (nSPS) is 11.6. The van der Waals surface area contributed by atoms with Crippen LogP contribution in [0.2, 0.25) is 0 Å². The van der Waals surface area contributed by atoms with E-state index >= 15 is 0 Å². The molecule has 0 saturated heterocycles. The van der Waals surface area contributed by atoms with Crippen molar-refractivity contribution in [2.24, 2.45) is 0 Å². The Morgan fingerprint density at radius 1 is 0.944 bits per heavy atom. The number of fused-ring (bicyclic) bond motifs is 5. The lowest BCUT2D eigenvalue weighted by Crippen LogP contribution is -1.78. The van der Waals surface area contributed by atoms with E-state index in [0.717, 1.165) is 32.7 Å². The average Bonchev–Trinajstić information content (AvgIpc) is 2.77. The second-order valence-electron chi connectivity index (χ2n) is 4.41. The van der Waals surface area contributed by atoms with Crippen LogP contribution in [0.1, 0.15) is 0 Å². The van der Waals surface area contributed by atoms with E-state index in [1.54, 1.807) is 18.3 Å². The molecule has 18 heavy (non-hydrogen) atoms. The van der Waals surface area contributed by atoms with Crippen molar-refractivity contribution in [1.82, 2.24) is 9.97 Å². The second-order valence-corrected chi connectivity index (χ2v) is 4.41. The van der Waals surface area contributed by atoms with Gasteiger partial charge in [0.05, 0.1) is 5.52 Å². The number of nitrogens with one attached hydrogen (secondary N) is 1. The predicted molar refractivity (Wildman–Crippen MR) is 72.8 cm³/mol. The Morgan fingerprint density at radius 2 is 1.83 bits per heavy atom. The molecule has 0 atom stereocenters. The molecule has 2 aromatic carbocycles. The monoisotopic (exact) mass is 234 g/mol. The van der Waals surface area contributed by atoms with Gasteiger partial charge in [0.15, 0.2) is 0 Å². The smallest absolute Gasteiger partial charge is 0.116 e. The molecule has 0 bridgehead atoms. The number of nitrogens with zero attached hydrogens (tertiary/aromatic N) is 1.